The van der Waals surface area contributed by atoms with Crippen LogP contribution in [-0.4, -0.2) is 222 Å². The molecular weight excluding hydrogens is 1160 g/mol. The largest absolute Gasteiger partial charge is 0.511 e. The molecular formula is C67H96N4O19. The van der Waals surface area contributed by atoms with Gasteiger partial charge in [-0.25, -0.2) is 15.0 Å². The second kappa shape index (κ2) is 39.5. The van der Waals surface area contributed by atoms with E-state index in [1.54, 1.807) is 40.6 Å². The number of aliphatic hydroxyl groups is 1. The third-order valence-electron chi connectivity index (χ3n) is 15.6. The molecule has 23 heteroatoms. The fourth-order valence-electron chi connectivity index (χ4n) is 10.7. The Balaban J connectivity index is 1.07. The van der Waals surface area contributed by atoms with Crippen LogP contribution in [0.1, 0.15) is 65.9 Å². The molecule has 90 heavy (non-hydrogen) atoms. The number of hydrogen-bond donors (Lipinski definition) is 2. The summed E-state index contributed by atoms with van der Waals surface area (Å²) in [4.78, 5) is 29.8. The van der Waals surface area contributed by atoms with Gasteiger partial charge in [0.2, 0.25) is 5.75 Å². The van der Waals surface area contributed by atoms with Crippen molar-refractivity contribution in [2.45, 2.75) is 66.9 Å². The van der Waals surface area contributed by atoms with Gasteiger partial charge in [0.1, 0.15) is 32.2 Å². The Morgan fingerprint density at radius 2 is 1.00 bits per heavy atom. The van der Waals surface area contributed by atoms with Crippen LogP contribution in [-0.2, 0) is 77.7 Å². The summed E-state index contributed by atoms with van der Waals surface area (Å²) in [5.41, 5.74) is 14.0. The molecule has 0 spiro atoms. The van der Waals surface area contributed by atoms with Crippen molar-refractivity contribution in [1.82, 2.24) is 5.32 Å². The van der Waals surface area contributed by atoms with E-state index in [9.17, 15) is 9.90 Å². The summed E-state index contributed by atoms with van der Waals surface area (Å²) in [5.74, 6) is 0.644. The second-order valence-corrected chi connectivity index (χ2v) is 21.7. The minimum Gasteiger partial charge on any atom is -0.511 e. The van der Waals surface area contributed by atoms with Gasteiger partial charge in [0.25, 0.3) is 0 Å². The molecule has 0 amide bonds. The Labute approximate surface area is 530 Å². The summed E-state index contributed by atoms with van der Waals surface area (Å²) in [7, 11) is 6.58. The summed E-state index contributed by atoms with van der Waals surface area (Å²) >= 11 is 0. The van der Waals surface area contributed by atoms with Crippen molar-refractivity contribution < 1.29 is 90.4 Å². The van der Waals surface area contributed by atoms with Crippen molar-refractivity contribution >= 4 is 23.1 Å². The van der Waals surface area contributed by atoms with E-state index in [0.717, 1.165) is 91.1 Å². The van der Waals surface area contributed by atoms with Gasteiger partial charge < -0.3 is 90.9 Å². The van der Waals surface area contributed by atoms with Gasteiger partial charge in [-0.3, -0.25) is 4.79 Å². The Hall–Kier alpha value is -5.90. The number of nitrogens with one attached hydrogen (secondary N) is 1. The predicted octanol–water partition coefficient (Wildman–Crippen LogP) is 8.05. The number of aliphatic imine (C=N–C) groups is 3. The van der Waals surface area contributed by atoms with Crippen LogP contribution in [0.4, 0.5) is 0 Å². The molecule has 0 aromatic heterocycles. The van der Waals surface area contributed by atoms with Crippen molar-refractivity contribution in [2.24, 2.45) is 26.8 Å². The van der Waals surface area contributed by atoms with Gasteiger partial charge in [-0.1, -0.05) is 13.8 Å². The van der Waals surface area contributed by atoms with Crippen LogP contribution in [0.2, 0.25) is 0 Å². The number of nitrogens with zero attached hydrogens (tertiary/aromatic N) is 3. The van der Waals surface area contributed by atoms with Gasteiger partial charge in [0.05, 0.1) is 180 Å². The molecule has 0 saturated carbocycles. The summed E-state index contributed by atoms with van der Waals surface area (Å²) < 4.78 is 97.0. The molecule has 1 aromatic carbocycles. The number of fused-ring (bicyclic) bond motifs is 5. The summed E-state index contributed by atoms with van der Waals surface area (Å²) in [6, 6.07) is 3.56. The maximum absolute atomic E-state index is 14.2. The molecule has 0 radical (unpaired) electrons. The molecule has 1 aliphatic carbocycles. The summed E-state index contributed by atoms with van der Waals surface area (Å²) in [6.45, 7) is 19.8. The maximum atomic E-state index is 14.2. The third kappa shape index (κ3) is 21.3. The Bertz CT molecular complexity index is 2830. The summed E-state index contributed by atoms with van der Waals surface area (Å²) in [6.07, 6.45) is 7.80. The van der Waals surface area contributed by atoms with Gasteiger partial charge in [0, 0.05) is 81.2 Å². The lowest BCUT2D eigenvalue weighted by atomic mass is 9.86. The molecule has 23 nitrogen and oxygen atoms in total. The van der Waals surface area contributed by atoms with Crippen LogP contribution in [0.25, 0.3) is 0 Å². The van der Waals surface area contributed by atoms with Crippen molar-refractivity contribution in [1.29, 1.82) is 0 Å². The monoisotopic (exact) mass is 1260 g/mol. The van der Waals surface area contributed by atoms with Crippen molar-refractivity contribution in [3.8, 4) is 17.2 Å². The standard InChI is InChI=1S/C67H96N4O19/c1-10-50-45(2)55-41-59-53(44-77-9)47(4)54(69-59)40-56-46(3)51(65(70-56)52-39-60(72)64-48(5)57(71-66(52)64)42-58(50)68-55)11-12-63(73)90-43-49-37-61(87-34-31-84-28-25-81-22-19-78-16-13-74-6)67(89-36-33-86-30-27-83-24-21-80-18-15-76-8)62(38-49)88-35-32-85-29-26-82-23-20-79-17-14-75-7/h37-38,40-42,46,51,70,72H,10-36,39,43-44H2,1-9H3/t46-,51-/m0/s1. The molecule has 5 heterocycles. The first kappa shape index (κ1) is 71.5. The number of ether oxygens (including phenoxy) is 17. The van der Waals surface area contributed by atoms with E-state index in [0.29, 0.717) is 161 Å². The van der Waals surface area contributed by atoms with E-state index >= 15 is 0 Å². The highest BCUT2D eigenvalue weighted by atomic mass is 16.6. The second-order valence-electron chi connectivity index (χ2n) is 21.7. The van der Waals surface area contributed by atoms with Crippen LogP contribution in [0.5, 0.6) is 17.2 Å². The number of aliphatic hydroxyl groups excluding tert-OH is 1. The van der Waals surface area contributed by atoms with E-state index in [2.05, 4.69) is 45.2 Å². The molecule has 6 aliphatic rings. The highest BCUT2D eigenvalue weighted by molar-refractivity contribution is 6.21. The lowest BCUT2D eigenvalue weighted by molar-refractivity contribution is -0.145. The zero-order valence-corrected chi connectivity index (χ0v) is 54.4. The zero-order valence-electron chi connectivity index (χ0n) is 54.4. The van der Waals surface area contributed by atoms with Crippen LogP contribution in [0.15, 0.2) is 119 Å². The van der Waals surface area contributed by atoms with E-state index in [4.69, 9.17) is 95.5 Å². The van der Waals surface area contributed by atoms with Gasteiger partial charge in [-0.2, -0.15) is 0 Å². The normalized spacial score (nSPS) is 17.8. The average molecular weight is 1260 g/mol. The number of methoxy groups -OCH3 is 4. The fourth-order valence-corrected chi connectivity index (χ4v) is 10.7. The predicted molar refractivity (Wildman–Crippen MR) is 339 cm³/mol. The number of hydrogen-bond acceptors (Lipinski definition) is 23. The average Bonchev–Trinajstić information content (AvgIpc) is 1.72. The minimum atomic E-state index is -0.399. The highest BCUT2D eigenvalue weighted by Gasteiger charge is 2.41. The zero-order chi connectivity index (χ0) is 63.9. The van der Waals surface area contributed by atoms with Crippen LogP contribution in [0.3, 0.4) is 0 Å². The van der Waals surface area contributed by atoms with Crippen LogP contribution in [0, 0.1) is 11.8 Å². The lowest BCUT2D eigenvalue weighted by Gasteiger charge is -2.19. The van der Waals surface area contributed by atoms with Crippen molar-refractivity contribution in [2.75, 3.05) is 194 Å². The maximum Gasteiger partial charge on any atom is 0.306 e. The number of rotatable bonds is 47. The number of carbonyl (C=O) groups excluding carboxylic acids is 1. The van der Waals surface area contributed by atoms with E-state index in [1.807, 2.05) is 13.0 Å². The first-order valence-corrected chi connectivity index (χ1v) is 31.3. The first-order chi connectivity index (χ1) is 44.0. The summed E-state index contributed by atoms with van der Waals surface area (Å²) in [5, 5.41) is 15.5. The Morgan fingerprint density at radius 1 is 0.544 bits per heavy atom. The topological polar surface area (TPSA) is 243 Å². The van der Waals surface area contributed by atoms with E-state index in [-0.39, 0.29) is 70.3 Å². The van der Waals surface area contributed by atoms with Crippen LogP contribution < -0.4 is 19.5 Å². The SMILES string of the molecule is CCC1=C(C)C2=NC1=CC1=C(C)C3=C(O)CC(=C4NC(=CC5=NC(=C2)C(COC)=C5C)[C@@H](C)[C@@H]4CCC(=O)OCc2cc(OCCOCCOCCOCCOC)c(OCCOCCOCCOCCOC)c(OCCOCCOCCOCCOC)c2)C3=N1. The molecule has 2 N–H and O–H groups in total. The van der Waals surface area contributed by atoms with Gasteiger partial charge in [0.15, 0.2) is 11.5 Å². The molecule has 5 aliphatic heterocycles. The molecule has 498 valence electrons. The fraction of sp³-hybridized carbons (Fsp3) is 0.612. The number of carbonyl (C=O) groups is 1. The number of esters is 1. The van der Waals surface area contributed by atoms with Crippen LogP contribution >= 0.6 is 0 Å². The van der Waals surface area contributed by atoms with Gasteiger partial charge in [-0.15, -0.1) is 0 Å². The van der Waals surface area contributed by atoms with E-state index < -0.39 is 5.97 Å². The first-order valence-electron chi connectivity index (χ1n) is 31.3. The van der Waals surface area contributed by atoms with Gasteiger partial charge in [-0.05, 0) is 91.8 Å². The van der Waals surface area contributed by atoms with Crippen molar-refractivity contribution in [3.05, 3.63) is 109 Å². The molecule has 2 atom stereocenters. The number of allylic oxidation sites excluding steroid dienone is 11. The van der Waals surface area contributed by atoms with Crippen molar-refractivity contribution in [3.63, 3.8) is 0 Å². The highest BCUT2D eigenvalue weighted by Crippen LogP contribution is 2.47. The van der Waals surface area contributed by atoms with Gasteiger partial charge >= 0.3 is 5.97 Å². The smallest absolute Gasteiger partial charge is 0.306 e. The lowest BCUT2D eigenvalue weighted by Crippen LogP contribution is -2.17. The Morgan fingerprint density at radius 3 is 1.49 bits per heavy atom. The Kier molecular flexibility index (Phi) is 31.4. The minimum absolute atomic E-state index is 0.0845. The molecule has 8 bridgehead atoms. The molecule has 1 saturated heterocycles. The number of benzene rings is 1. The quantitative estimate of drug-likeness (QED) is 0.0463. The molecule has 0 unspecified atom stereocenters. The third-order valence-corrected chi connectivity index (χ3v) is 15.6. The molecule has 1 fully saturated rings. The van der Waals surface area contributed by atoms with E-state index in [1.165, 1.54) is 0 Å². The molecule has 1 aromatic rings. The molecule has 7 rings (SSSR count).